The number of nitrogens with one attached hydrogen (secondary N) is 1. The van der Waals surface area contributed by atoms with Gasteiger partial charge >= 0.3 is 0 Å². The number of hydrogen-bond donors (Lipinski definition) is 2. The Morgan fingerprint density at radius 3 is 2.94 bits per heavy atom. The van der Waals surface area contributed by atoms with Gasteiger partial charge in [0.25, 0.3) is 0 Å². The fourth-order valence-electron chi connectivity index (χ4n) is 1.48. The standard InChI is InChI=1S/C11H20N2O2S/c1-13(2)8-9(14)6-12-7-11-10(15-3)4-5-16-11/h4-5,9,12,14H,6-8H2,1-3H3. The predicted molar refractivity (Wildman–Crippen MR) is 67.1 cm³/mol. The molecule has 0 spiro atoms. The predicted octanol–water partition coefficient (Wildman–Crippen LogP) is 0.769. The van der Waals surface area contributed by atoms with Crippen LogP contribution in [0, 0.1) is 0 Å². The monoisotopic (exact) mass is 244 g/mol. The maximum absolute atomic E-state index is 9.64. The molecule has 4 nitrogen and oxygen atoms in total. The van der Waals surface area contributed by atoms with E-state index < -0.39 is 0 Å². The van der Waals surface area contributed by atoms with E-state index in [9.17, 15) is 5.11 Å². The lowest BCUT2D eigenvalue weighted by atomic mass is 10.3. The lowest BCUT2D eigenvalue weighted by Gasteiger charge is -2.16. The molecule has 0 aromatic carbocycles. The Kier molecular flexibility index (Phi) is 5.76. The number of likely N-dealkylation sites (N-methyl/N-ethyl adjacent to an activating group) is 1. The molecule has 16 heavy (non-hydrogen) atoms. The van der Waals surface area contributed by atoms with Gasteiger partial charge in [0.15, 0.2) is 0 Å². The van der Waals surface area contributed by atoms with Gasteiger partial charge in [-0.2, -0.15) is 0 Å². The summed E-state index contributed by atoms with van der Waals surface area (Å²) in [5, 5.41) is 14.9. The summed E-state index contributed by atoms with van der Waals surface area (Å²) in [6.45, 7) is 2.01. The molecule has 0 radical (unpaired) electrons. The van der Waals surface area contributed by atoms with Gasteiger partial charge in [-0.3, -0.25) is 0 Å². The minimum atomic E-state index is -0.332. The Labute approximate surface area is 101 Å². The average Bonchev–Trinajstić information content (AvgIpc) is 2.64. The van der Waals surface area contributed by atoms with Crippen molar-refractivity contribution in [3.63, 3.8) is 0 Å². The van der Waals surface area contributed by atoms with Gasteiger partial charge in [-0.1, -0.05) is 0 Å². The first-order valence-electron chi connectivity index (χ1n) is 5.27. The van der Waals surface area contributed by atoms with E-state index in [0.717, 1.165) is 12.3 Å². The zero-order valence-electron chi connectivity index (χ0n) is 10.1. The van der Waals surface area contributed by atoms with E-state index in [2.05, 4.69) is 5.32 Å². The molecule has 0 aliphatic carbocycles. The van der Waals surface area contributed by atoms with E-state index >= 15 is 0 Å². The molecule has 1 heterocycles. The number of rotatable bonds is 7. The molecule has 92 valence electrons. The maximum Gasteiger partial charge on any atom is 0.134 e. The Balaban J connectivity index is 2.25. The van der Waals surface area contributed by atoms with Crippen molar-refractivity contribution in [3.8, 4) is 5.75 Å². The first-order chi connectivity index (χ1) is 7.63. The van der Waals surface area contributed by atoms with E-state index in [0.29, 0.717) is 13.1 Å². The zero-order valence-corrected chi connectivity index (χ0v) is 10.9. The second-order valence-corrected chi connectivity index (χ2v) is 4.96. The molecular formula is C11H20N2O2S. The molecule has 1 aromatic heterocycles. The van der Waals surface area contributed by atoms with Crippen molar-refractivity contribution < 1.29 is 9.84 Å². The van der Waals surface area contributed by atoms with Crippen LogP contribution in [0.5, 0.6) is 5.75 Å². The molecule has 1 rings (SSSR count). The highest BCUT2D eigenvalue weighted by atomic mass is 32.1. The zero-order chi connectivity index (χ0) is 12.0. The van der Waals surface area contributed by atoms with Gasteiger partial charge in [0.05, 0.1) is 18.1 Å². The van der Waals surface area contributed by atoms with Crippen molar-refractivity contribution in [3.05, 3.63) is 16.3 Å². The number of nitrogens with zero attached hydrogens (tertiary/aromatic N) is 1. The van der Waals surface area contributed by atoms with Gasteiger partial charge in [-0.05, 0) is 25.5 Å². The van der Waals surface area contributed by atoms with E-state index in [1.165, 1.54) is 4.88 Å². The SMILES string of the molecule is COc1ccsc1CNCC(O)CN(C)C. The highest BCUT2D eigenvalue weighted by Gasteiger charge is 2.07. The molecule has 0 saturated heterocycles. The van der Waals surface area contributed by atoms with Crippen LogP contribution in [-0.4, -0.2) is 50.4 Å². The summed E-state index contributed by atoms with van der Waals surface area (Å²) in [6, 6.07) is 1.96. The summed E-state index contributed by atoms with van der Waals surface area (Å²) in [7, 11) is 5.57. The van der Waals surface area contributed by atoms with Gasteiger partial charge in [0.1, 0.15) is 5.75 Å². The van der Waals surface area contributed by atoms with Crippen molar-refractivity contribution in [2.24, 2.45) is 0 Å². The number of thiophene rings is 1. The smallest absolute Gasteiger partial charge is 0.134 e. The second kappa shape index (κ2) is 6.85. The Morgan fingerprint density at radius 2 is 2.31 bits per heavy atom. The number of aliphatic hydroxyl groups excluding tert-OH is 1. The van der Waals surface area contributed by atoms with Crippen LogP contribution < -0.4 is 10.1 Å². The molecule has 2 N–H and O–H groups in total. The van der Waals surface area contributed by atoms with Crippen LogP contribution in [-0.2, 0) is 6.54 Å². The van der Waals surface area contributed by atoms with Gasteiger partial charge < -0.3 is 20.1 Å². The number of ether oxygens (including phenoxy) is 1. The largest absolute Gasteiger partial charge is 0.496 e. The summed E-state index contributed by atoms with van der Waals surface area (Å²) in [5.41, 5.74) is 0. The minimum absolute atomic E-state index is 0.332. The van der Waals surface area contributed by atoms with E-state index in [1.807, 2.05) is 30.4 Å². The van der Waals surface area contributed by atoms with Crippen LogP contribution in [0.1, 0.15) is 4.88 Å². The van der Waals surface area contributed by atoms with Crippen LogP contribution >= 0.6 is 11.3 Å². The molecular weight excluding hydrogens is 224 g/mol. The van der Waals surface area contributed by atoms with Crippen LogP contribution in [0.2, 0.25) is 0 Å². The Hall–Kier alpha value is -0.620. The van der Waals surface area contributed by atoms with Crippen LogP contribution in [0.3, 0.4) is 0 Å². The highest BCUT2D eigenvalue weighted by Crippen LogP contribution is 2.23. The van der Waals surface area contributed by atoms with Crippen LogP contribution in [0.15, 0.2) is 11.4 Å². The summed E-state index contributed by atoms with van der Waals surface area (Å²) < 4.78 is 5.21. The van der Waals surface area contributed by atoms with Crippen molar-refractivity contribution in [2.45, 2.75) is 12.6 Å². The van der Waals surface area contributed by atoms with Gasteiger partial charge in [-0.15, -0.1) is 11.3 Å². The number of methoxy groups -OCH3 is 1. The van der Waals surface area contributed by atoms with E-state index in [4.69, 9.17) is 4.74 Å². The molecule has 0 fully saturated rings. The summed E-state index contributed by atoms with van der Waals surface area (Å²) in [4.78, 5) is 3.14. The van der Waals surface area contributed by atoms with Crippen molar-refractivity contribution >= 4 is 11.3 Å². The van der Waals surface area contributed by atoms with E-state index in [1.54, 1.807) is 18.4 Å². The molecule has 0 aliphatic heterocycles. The third-order valence-electron chi connectivity index (χ3n) is 2.17. The van der Waals surface area contributed by atoms with Gasteiger partial charge in [0.2, 0.25) is 0 Å². The quantitative estimate of drug-likeness (QED) is 0.743. The first kappa shape index (κ1) is 13.4. The Morgan fingerprint density at radius 1 is 1.56 bits per heavy atom. The molecule has 5 heteroatoms. The summed E-state index contributed by atoms with van der Waals surface area (Å²) >= 11 is 1.66. The molecule has 1 unspecified atom stereocenters. The van der Waals surface area contributed by atoms with Crippen molar-refractivity contribution in [2.75, 3.05) is 34.3 Å². The molecule has 0 bridgehead atoms. The highest BCUT2D eigenvalue weighted by molar-refractivity contribution is 7.10. The van der Waals surface area contributed by atoms with Crippen LogP contribution in [0.25, 0.3) is 0 Å². The van der Waals surface area contributed by atoms with Crippen molar-refractivity contribution in [1.82, 2.24) is 10.2 Å². The summed E-state index contributed by atoms with van der Waals surface area (Å²) in [6.07, 6.45) is -0.332. The lowest BCUT2D eigenvalue weighted by molar-refractivity contribution is 0.134. The number of hydrogen-bond acceptors (Lipinski definition) is 5. The second-order valence-electron chi connectivity index (χ2n) is 3.96. The third kappa shape index (κ3) is 4.49. The number of aliphatic hydroxyl groups is 1. The molecule has 1 atom stereocenters. The topological polar surface area (TPSA) is 44.7 Å². The Bertz CT molecular complexity index is 302. The third-order valence-corrected chi connectivity index (χ3v) is 3.07. The average molecular weight is 244 g/mol. The molecule has 0 amide bonds. The lowest BCUT2D eigenvalue weighted by Crippen LogP contribution is -2.34. The fourth-order valence-corrected chi connectivity index (χ4v) is 2.29. The normalized spacial score (nSPS) is 13.1. The molecule has 0 aliphatic rings. The van der Waals surface area contributed by atoms with Crippen molar-refractivity contribution in [1.29, 1.82) is 0 Å². The first-order valence-corrected chi connectivity index (χ1v) is 6.15. The minimum Gasteiger partial charge on any atom is -0.496 e. The maximum atomic E-state index is 9.64. The summed E-state index contributed by atoms with van der Waals surface area (Å²) in [5.74, 6) is 0.916. The van der Waals surface area contributed by atoms with Gasteiger partial charge in [-0.25, -0.2) is 0 Å². The fraction of sp³-hybridized carbons (Fsp3) is 0.636. The van der Waals surface area contributed by atoms with Crippen LogP contribution in [0.4, 0.5) is 0 Å². The molecule has 0 saturated carbocycles. The van der Waals surface area contributed by atoms with E-state index in [-0.39, 0.29) is 6.10 Å². The van der Waals surface area contributed by atoms with Gasteiger partial charge in [0, 0.05) is 19.6 Å². The molecule has 1 aromatic rings.